The summed E-state index contributed by atoms with van der Waals surface area (Å²) in [5.41, 5.74) is 1.18. The van der Waals surface area contributed by atoms with E-state index in [2.05, 4.69) is 10.6 Å². The number of halogens is 2. The van der Waals surface area contributed by atoms with Crippen LogP contribution in [-0.2, 0) is 9.59 Å². The van der Waals surface area contributed by atoms with Gasteiger partial charge in [-0.15, -0.1) is 0 Å². The molecule has 0 aromatic heterocycles. The molecule has 2 unspecified atom stereocenters. The van der Waals surface area contributed by atoms with E-state index in [1.807, 2.05) is 18.2 Å². The Morgan fingerprint density at radius 1 is 1.03 bits per heavy atom. The fourth-order valence-electron chi connectivity index (χ4n) is 3.01. The van der Waals surface area contributed by atoms with Gasteiger partial charge in [0, 0.05) is 28.4 Å². The summed E-state index contributed by atoms with van der Waals surface area (Å²) in [4.78, 5) is 24.2. The van der Waals surface area contributed by atoms with Crippen LogP contribution in [-0.4, -0.2) is 18.0 Å². The lowest BCUT2D eigenvalue weighted by Gasteiger charge is -2.27. The molecule has 1 aliphatic rings. The summed E-state index contributed by atoms with van der Waals surface area (Å²) < 4.78 is 11.6. The molecule has 1 heterocycles. The van der Waals surface area contributed by atoms with E-state index in [1.165, 1.54) is 0 Å². The first-order chi connectivity index (χ1) is 15.0. The van der Waals surface area contributed by atoms with Crippen molar-refractivity contribution in [3.05, 3.63) is 88.4 Å². The Bertz CT molecular complexity index is 1100. The number of β-lactam (4-membered cyclic amide) rings is 1. The number of anilines is 1. The molecule has 0 aliphatic carbocycles. The minimum atomic E-state index is -0.965. The molecule has 2 amide bonds. The monoisotopic (exact) mass is 456 g/mol. The smallest absolute Gasteiger partial charge is 0.270 e. The Kier molecular flexibility index (Phi) is 6.30. The van der Waals surface area contributed by atoms with Crippen LogP contribution in [0.3, 0.4) is 0 Å². The molecule has 0 bridgehead atoms. The lowest BCUT2D eigenvalue weighted by molar-refractivity contribution is -0.134. The van der Waals surface area contributed by atoms with E-state index < -0.39 is 12.0 Å². The van der Waals surface area contributed by atoms with Crippen LogP contribution in [0.4, 0.5) is 5.69 Å². The minimum absolute atomic E-state index is 0.0583. The fraction of sp³-hybridized carbons (Fsp3) is 0.130. The van der Waals surface area contributed by atoms with Gasteiger partial charge in [0.25, 0.3) is 5.91 Å². The maximum Gasteiger partial charge on any atom is 0.270 e. The first-order valence-corrected chi connectivity index (χ1v) is 10.3. The normalized spacial score (nSPS) is 15.9. The van der Waals surface area contributed by atoms with E-state index in [9.17, 15) is 9.59 Å². The Hall–Kier alpha value is -3.22. The first-order valence-electron chi connectivity index (χ1n) is 9.51. The summed E-state index contributed by atoms with van der Waals surface area (Å²) in [5.74, 6) is 0.377. The molecule has 2 atom stereocenters. The van der Waals surface area contributed by atoms with Gasteiger partial charge in [0.05, 0.1) is 11.4 Å². The maximum atomic E-state index is 13.1. The number of nitrogens with one attached hydrogen (secondary N) is 2. The zero-order valence-electron chi connectivity index (χ0n) is 16.2. The maximum absolute atomic E-state index is 13.1. The highest BCUT2D eigenvalue weighted by atomic mass is 35.5. The van der Waals surface area contributed by atoms with E-state index in [0.717, 1.165) is 0 Å². The summed E-state index contributed by atoms with van der Waals surface area (Å²) >= 11 is 12.3. The predicted molar refractivity (Wildman–Crippen MR) is 119 cm³/mol. The molecule has 0 radical (unpaired) electrons. The molecule has 158 valence electrons. The second-order valence-corrected chi connectivity index (χ2v) is 7.72. The topological polar surface area (TPSA) is 76.7 Å². The van der Waals surface area contributed by atoms with E-state index in [1.54, 1.807) is 54.6 Å². The number of ether oxygens (including phenoxy) is 2. The molecule has 2 N–H and O–H groups in total. The van der Waals surface area contributed by atoms with E-state index in [-0.39, 0.29) is 12.1 Å². The van der Waals surface area contributed by atoms with Crippen molar-refractivity contribution in [3.63, 3.8) is 0 Å². The van der Waals surface area contributed by atoms with Gasteiger partial charge in [-0.1, -0.05) is 59.6 Å². The minimum Gasteiger partial charge on any atom is -0.474 e. The van der Waals surface area contributed by atoms with Gasteiger partial charge in [-0.25, -0.2) is 0 Å². The first kappa shape index (κ1) is 21.0. The van der Waals surface area contributed by atoms with E-state index in [4.69, 9.17) is 32.7 Å². The molecular weight excluding hydrogens is 439 g/mol. The van der Waals surface area contributed by atoms with Crippen molar-refractivity contribution < 1.29 is 19.1 Å². The lowest BCUT2D eigenvalue weighted by atomic mass is 10.1. The molecule has 31 heavy (non-hydrogen) atoms. The summed E-state index contributed by atoms with van der Waals surface area (Å²) in [6, 6.07) is 20.8. The molecule has 0 spiro atoms. The van der Waals surface area contributed by atoms with Gasteiger partial charge in [0.15, 0.2) is 6.23 Å². The van der Waals surface area contributed by atoms with Crippen molar-refractivity contribution in [1.82, 2.24) is 5.32 Å². The Labute approximate surface area is 189 Å². The van der Waals surface area contributed by atoms with Crippen LogP contribution >= 0.6 is 23.2 Å². The number of rotatable bonds is 7. The molecule has 8 heteroatoms. The van der Waals surface area contributed by atoms with Crippen molar-refractivity contribution in [3.8, 4) is 11.5 Å². The van der Waals surface area contributed by atoms with E-state index >= 15 is 0 Å². The second-order valence-electron chi connectivity index (χ2n) is 6.88. The van der Waals surface area contributed by atoms with Crippen molar-refractivity contribution >= 4 is 40.7 Å². The third kappa shape index (κ3) is 5.29. The Morgan fingerprint density at radius 3 is 2.55 bits per heavy atom. The predicted octanol–water partition coefficient (Wildman–Crippen LogP) is 4.98. The number of carbonyl (C=O) groups excluding carboxylic acids is 2. The number of hydrogen-bond acceptors (Lipinski definition) is 4. The van der Waals surface area contributed by atoms with Gasteiger partial charge in [-0.05, 0) is 24.3 Å². The molecule has 6 nitrogen and oxygen atoms in total. The molecular formula is C23H18Cl2N2O4. The van der Waals surface area contributed by atoms with Gasteiger partial charge in [-0.3, -0.25) is 9.59 Å². The highest BCUT2D eigenvalue weighted by Gasteiger charge is 2.27. The lowest BCUT2D eigenvalue weighted by Crippen LogP contribution is -2.51. The van der Waals surface area contributed by atoms with E-state index in [0.29, 0.717) is 39.2 Å². The standard InChI is InChI=1S/C23H18Cl2N2O4/c24-15-9-10-18(25)19(11-15)31-22(14-5-2-1-3-6-14)23(29)26-16-7-4-8-17(12-16)30-21-13-20(28)27-21/h1-12,21-22H,13H2,(H,26,29)(H,27,28). The van der Waals surface area contributed by atoms with Crippen molar-refractivity contribution in [2.75, 3.05) is 5.32 Å². The Morgan fingerprint density at radius 2 is 1.81 bits per heavy atom. The molecule has 0 saturated carbocycles. The van der Waals surface area contributed by atoms with Crippen LogP contribution in [0.25, 0.3) is 0 Å². The third-order valence-electron chi connectivity index (χ3n) is 4.55. The number of benzene rings is 3. The fourth-order valence-corrected chi connectivity index (χ4v) is 3.34. The van der Waals surface area contributed by atoms with Crippen molar-refractivity contribution in [2.24, 2.45) is 0 Å². The van der Waals surface area contributed by atoms with Crippen LogP contribution in [0.1, 0.15) is 18.1 Å². The Balaban J connectivity index is 1.53. The number of hydrogen-bond donors (Lipinski definition) is 2. The van der Waals surface area contributed by atoms with Crippen LogP contribution in [0, 0.1) is 0 Å². The number of amides is 2. The summed E-state index contributed by atoms with van der Waals surface area (Å²) in [7, 11) is 0. The van der Waals surface area contributed by atoms with Gasteiger partial charge in [0.1, 0.15) is 11.5 Å². The molecule has 1 fully saturated rings. The highest BCUT2D eigenvalue weighted by Crippen LogP contribution is 2.32. The third-order valence-corrected chi connectivity index (χ3v) is 5.10. The molecule has 1 aliphatic heterocycles. The second kappa shape index (κ2) is 9.29. The van der Waals surface area contributed by atoms with Crippen LogP contribution < -0.4 is 20.1 Å². The molecule has 1 saturated heterocycles. The summed E-state index contributed by atoms with van der Waals surface area (Å²) in [5, 5.41) is 6.27. The van der Waals surface area contributed by atoms with Crippen LogP contribution in [0.5, 0.6) is 11.5 Å². The average molecular weight is 457 g/mol. The van der Waals surface area contributed by atoms with Gasteiger partial charge < -0.3 is 20.1 Å². The summed E-state index contributed by atoms with van der Waals surface area (Å²) in [6.07, 6.45) is -1.02. The van der Waals surface area contributed by atoms with Crippen LogP contribution in [0.15, 0.2) is 72.8 Å². The van der Waals surface area contributed by atoms with Gasteiger partial charge in [-0.2, -0.15) is 0 Å². The quantitative estimate of drug-likeness (QED) is 0.491. The van der Waals surface area contributed by atoms with Crippen molar-refractivity contribution in [1.29, 1.82) is 0 Å². The number of carbonyl (C=O) groups is 2. The summed E-state index contributed by atoms with van der Waals surface area (Å²) in [6.45, 7) is 0. The average Bonchev–Trinajstić information content (AvgIpc) is 2.74. The van der Waals surface area contributed by atoms with Crippen molar-refractivity contribution in [2.45, 2.75) is 18.8 Å². The van der Waals surface area contributed by atoms with Gasteiger partial charge in [0.2, 0.25) is 12.0 Å². The zero-order chi connectivity index (χ0) is 21.8. The SMILES string of the molecule is O=C1CC(Oc2cccc(NC(=O)C(Oc3cc(Cl)ccc3Cl)c3ccccc3)c2)N1. The van der Waals surface area contributed by atoms with Crippen LogP contribution in [0.2, 0.25) is 10.0 Å². The zero-order valence-corrected chi connectivity index (χ0v) is 17.7. The molecule has 3 aromatic carbocycles. The largest absolute Gasteiger partial charge is 0.474 e. The highest BCUT2D eigenvalue weighted by molar-refractivity contribution is 6.34. The van der Waals surface area contributed by atoms with Gasteiger partial charge >= 0.3 is 0 Å². The molecule has 3 aromatic rings. The molecule has 4 rings (SSSR count).